The molecule has 2 saturated heterocycles. The van der Waals surface area contributed by atoms with Crippen molar-refractivity contribution in [3.05, 3.63) is 35.6 Å². The topological polar surface area (TPSA) is 40.1 Å². The van der Waals surface area contributed by atoms with Crippen LogP contribution >= 0.6 is 0 Å². The van der Waals surface area contributed by atoms with E-state index < -0.39 is 0 Å². The summed E-state index contributed by atoms with van der Waals surface area (Å²) in [7, 11) is 2.20. The summed E-state index contributed by atoms with van der Waals surface area (Å²) >= 11 is 0. The second-order valence-electron chi connectivity index (χ2n) is 8.16. The van der Waals surface area contributed by atoms with Crippen molar-refractivity contribution in [2.24, 2.45) is 10.9 Å². The first-order valence-corrected chi connectivity index (χ1v) is 10.7. The Morgan fingerprint density at radius 2 is 1.93 bits per heavy atom. The lowest BCUT2D eigenvalue weighted by Crippen LogP contribution is -2.50. The largest absolute Gasteiger partial charge is 0.367 e. The van der Waals surface area contributed by atoms with Crippen LogP contribution in [0.3, 0.4) is 0 Å². The van der Waals surface area contributed by atoms with Crippen molar-refractivity contribution in [2.75, 3.05) is 46.3 Å². The summed E-state index contributed by atoms with van der Waals surface area (Å²) in [5.74, 6) is 1.55. The maximum absolute atomic E-state index is 13.3. The van der Waals surface area contributed by atoms with Gasteiger partial charge in [-0.1, -0.05) is 12.1 Å². The third-order valence-electron chi connectivity index (χ3n) is 5.77. The molecule has 28 heavy (non-hydrogen) atoms. The number of benzene rings is 1. The molecule has 2 aliphatic rings. The molecule has 2 unspecified atom stereocenters. The summed E-state index contributed by atoms with van der Waals surface area (Å²) in [6, 6.07) is 6.65. The summed E-state index contributed by atoms with van der Waals surface area (Å²) < 4.78 is 19.4. The molecule has 0 saturated carbocycles. The van der Waals surface area contributed by atoms with E-state index in [9.17, 15) is 4.39 Å². The number of nitrogens with zero attached hydrogens (tertiary/aromatic N) is 3. The zero-order valence-corrected chi connectivity index (χ0v) is 17.5. The molecule has 6 heteroatoms. The molecule has 1 aromatic rings. The quantitative estimate of drug-likeness (QED) is 0.619. The van der Waals surface area contributed by atoms with Crippen LogP contribution in [0.1, 0.15) is 44.8 Å². The van der Waals surface area contributed by atoms with Crippen molar-refractivity contribution in [1.29, 1.82) is 0 Å². The van der Waals surface area contributed by atoms with Crippen LogP contribution in [0.25, 0.3) is 0 Å². The molecular formula is C22H35FN4O. The first-order chi connectivity index (χ1) is 13.5. The molecule has 0 amide bonds. The highest BCUT2D eigenvalue weighted by molar-refractivity contribution is 5.80. The number of rotatable bonds is 5. The number of nitrogens with one attached hydrogen (secondary N) is 1. The fourth-order valence-electron chi connectivity index (χ4n) is 4.12. The number of aliphatic imine (C=N–C) groups is 1. The van der Waals surface area contributed by atoms with E-state index in [0.29, 0.717) is 0 Å². The SMILES string of the molecule is CCNC(=NCCC1CCN(C)CC1)N1CC(C)OC(c2ccc(F)cc2)C1. The number of hydrogen-bond donors (Lipinski definition) is 1. The van der Waals surface area contributed by atoms with Crippen LogP contribution < -0.4 is 5.32 Å². The molecule has 1 N–H and O–H groups in total. The van der Waals surface area contributed by atoms with Gasteiger partial charge in [-0.2, -0.15) is 0 Å². The Morgan fingerprint density at radius 3 is 2.61 bits per heavy atom. The molecular weight excluding hydrogens is 355 g/mol. The Labute approximate surface area is 169 Å². The molecule has 2 fully saturated rings. The van der Waals surface area contributed by atoms with Crippen LogP contribution in [0.5, 0.6) is 0 Å². The molecule has 2 atom stereocenters. The molecule has 0 bridgehead atoms. The fraction of sp³-hybridized carbons (Fsp3) is 0.682. The van der Waals surface area contributed by atoms with Gasteiger partial charge < -0.3 is 19.9 Å². The summed E-state index contributed by atoms with van der Waals surface area (Å²) in [6.45, 7) is 9.86. The lowest BCUT2D eigenvalue weighted by Gasteiger charge is -2.39. The number of morpholine rings is 1. The highest BCUT2D eigenvalue weighted by atomic mass is 19.1. The Morgan fingerprint density at radius 1 is 1.21 bits per heavy atom. The molecule has 2 heterocycles. The number of guanidine groups is 1. The van der Waals surface area contributed by atoms with Crippen molar-refractivity contribution in [3.8, 4) is 0 Å². The van der Waals surface area contributed by atoms with E-state index in [1.165, 1.54) is 38.1 Å². The third-order valence-corrected chi connectivity index (χ3v) is 5.77. The van der Waals surface area contributed by atoms with Gasteiger partial charge in [0.1, 0.15) is 11.9 Å². The van der Waals surface area contributed by atoms with Crippen molar-refractivity contribution in [1.82, 2.24) is 15.1 Å². The monoisotopic (exact) mass is 390 g/mol. The van der Waals surface area contributed by atoms with E-state index in [2.05, 4.69) is 36.0 Å². The minimum Gasteiger partial charge on any atom is -0.367 e. The van der Waals surface area contributed by atoms with E-state index >= 15 is 0 Å². The summed E-state index contributed by atoms with van der Waals surface area (Å²) in [5, 5.41) is 3.45. The average Bonchev–Trinajstić information content (AvgIpc) is 2.69. The minimum atomic E-state index is -0.215. The predicted molar refractivity (Wildman–Crippen MR) is 112 cm³/mol. The zero-order chi connectivity index (χ0) is 19.9. The standard InChI is InChI=1S/C22H35FN4O/c1-4-24-22(25-12-9-18-10-13-26(3)14-11-18)27-15-17(2)28-21(16-27)19-5-7-20(23)8-6-19/h5-8,17-18,21H,4,9-16H2,1-3H3,(H,24,25). The number of halogens is 1. The molecule has 3 rings (SSSR count). The zero-order valence-electron chi connectivity index (χ0n) is 17.5. The Kier molecular flexibility index (Phi) is 7.68. The van der Waals surface area contributed by atoms with Crippen LogP contribution in [0, 0.1) is 11.7 Å². The average molecular weight is 391 g/mol. The van der Waals surface area contributed by atoms with E-state index in [1.807, 2.05) is 12.1 Å². The Hall–Kier alpha value is -1.66. The first-order valence-electron chi connectivity index (χ1n) is 10.7. The van der Waals surface area contributed by atoms with Crippen LogP contribution in [0.15, 0.2) is 29.3 Å². The Bertz CT molecular complexity index is 628. The predicted octanol–water partition coefficient (Wildman–Crippen LogP) is 3.28. The lowest BCUT2D eigenvalue weighted by molar-refractivity contribution is -0.0605. The minimum absolute atomic E-state index is 0.0675. The third kappa shape index (κ3) is 5.92. The first kappa shape index (κ1) is 21.1. The van der Waals surface area contributed by atoms with Crippen molar-refractivity contribution in [2.45, 2.75) is 45.3 Å². The maximum Gasteiger partial charge on any atom is 0.194 e. The molecule has 0 aliphatic carbocycles. The van der Waals surface area contributed by atoms with E-state index in [-0.39, 0.29) is 18.0 Å². The number of hydrogen-bond acceptors (Lipinski definition) is 3. The van der Waals surface area contributed by atoms with Crippen molar-refractivity contribution in [3.63, 3.8) is 0 Å². The Balaban J connectivity index is 1.61. The van der Waals surface area contributed by atoms with Gasteiger partial charge in [0.2, 0.25) is 0 Å². The van der Waals surface area contributed by atoms with Crippen LogP contribution in [-0.2, 0) is 4.74 Å². The van der Waals surface area contributed by atoms with E-state index in [4.69, 9.17) is 9.73 Å². The van der Waals surface area contributed by atoms with Crippen molar-refractivity contribution < 1.29 is 9.13 Å². The van der Waals surface area contributed by atoms with Gasteiger partial charge in [0.15, 0.2) is 5.96 Å². The maximum atomic E-state index is 13.3. The highest BCUT2D eigenvalue weighted by Crippen LogP contribution is 2.26. The summed E-state index contributed by atoms with van der Waals surface area (Å²) in [6.07, 6.45) is 3.75. The van der Waals surface area contributed by atoms with Gasteiger partial charge in [-0.15, -0.1) is 0 Å². The van der Waals surface area contributed by atoms with Gasteiger partial charge in [0, 0.05) is 19.6 Å². The smallest absolute Gasteiger partial charge is 0.194 e. The van der Waals surface area contributed by atoms with Gasteiger partial charge in [0.25, 0.3) is 0 Å². The molecule has 156 valence electrons. The number of likely N-dealkylation sites (tertiary alicyclic amines) is 1. The molecule has 0 spiro atoms. The normalized spacial score (nSPS) is 25.1. The van der Waals surface area contributed by atoms with Crippen LogP contribution in [0.4, 0.5) is 4.39 Å². The van der Waals surface area contributed by atoms with Crippen molar-refractivity contribution >= 4 is 5.96 Å². The summed E-state index contributed by atoms with van der Waals surface area (Å²) in [5.41, 5.74) is 1.01. The second kappa shape index (κ2) is 10.2. The number of ether oxygens (including phenoxy) is 1. The number of piperidine rings is 1. The van der Waals surface area contributed by atoms with Crippen LogP contribution in [0.2, 0.25) is 0 Å². The molecule has 5 nitrogen and oxygen atoms in total. The fourth-order valence-corrected chi connectivity index (χ4v) is 4.12. The molecule has 2 aliphatic heterocycles. The van der Waals surface area contributed by atoms with Gasteiger partial charge in [-0.25, -0.2) is 4.39 Å². The van der Waals surface area contributed by atoms with Crippen LogP contribution in [-0.4, -0.2) is 68.2 Å². The second-order valence-corrected chi connectivity index (χ2v) is 8.16. The molecule has 0 aromatic heterocycles. The lowest BCUT2D eigenvalue weighted by atomic mass is 9.94. The van der Waals surface area contributed by atoms with Gasteiger partial charge in [-0.3, -0.25) is 4.99 Å². The van der Waals surface area contributed by atoms with E-state index in [0.717, 1.165) is 50.0 Å². The van der Waals surface area contributed by atoms with Gasteiger partial charge in [0.05, 0.1) is 12.6 Å². The highest BCUT2D eigenvalue weighted by Gasteiger charge is 2.28. The molecule has 1 aromatic carbocycles. The van der Waals surface area contributed by atoms with Gasteiger partial charge >= 0.3 is 0 Å². The van der Waals surface area contributed by atoms with Gasteiger partial charge in [-0.05, 0) is 76.9 Å². The van der Waals surface area contributed by atoms with E-state index in [1.54, 1.807) is 0 Å². The summed E-state index contributed by atoms with van der Waals surface area (Å²) in [4.78, 5) is 9.63. The molecule has 0 radical (unpaired) electrons.